The lowest BCUT2D eigenvalue weighted by molar-refractivity contribution is 0.190. The van der Waals surface area contributed by atoms with E-state index < -0.39 is 0 Å². The number of aliphatic hydroxyl groups excluding tert-OH is 1. The molecule has 0 spiro atoms. The van der Waals surface area contributed by atoms with Crippen molar-refractivity contribution >= 4 is 0 Å². The molecule has 0 aromatic rings. The molecule has 0 aromatic carbocycles. The van der Waals surface area contributed by atoms with Crippen LogP contribution in [0.1, 0.15) is 65.7 Å². The van der Waals surface area contributed by atoms with Crippen molar-refractivity contribution in [3.8, 4) is 0 Å². The van der Waals surface area contributed by atoms with E-state index in [-0.39, 0.29) is 0 Å². The zero-order valence-electron chi connectivity index (χ0n) is 10.3. The Hall–Kier alpha value is -0.0400. The second-order valence-electron chi connectivity index (χ2n) is 4.67. The second-order valence-corrected chi connectivity index (χ2v) is 4.67. The second kappa shape index (κ2) is 9.51. The van der Waals surface area contributed by atoms with E-state index in [1.807, 2.05) is 0 Å². The Kier molecular flexibility index (Phi) is 9.49. The maximum atomic E-state index is 9.23. The molecule has 0 saturated heterocycles. The highest BCUT2D eigenvalue weighted by molar-refractivity contribution is 4.63. The van der Waals surface area contributed by atoms with Gasteiger partial charge in [0.2, 0.25) is 0 Å². The van der Waals surface area contributed by atoms with Gasteiger partial charge >= 0.3 is 0 Å². The summed E-state index contributed by atoms with van der Waals surface area (Å²) < 4.78 is 0. The summed E-state index contributed by atoms with van der Waals surface area (Å²) in [6.07, 6.45) is 8.92. The van der Waals surface area contributed by atoms with Crippen molar-refractivity contribution in [3.63, 3.8) is 0 Å². The highest BCUT2D eigenvalue weighted by Gasteiger charge is 2.11. The van der Waals surface area contributed by atoms with E-state index in [0.29, 0.717) is 12.5 Å². The average molecular weight is 200 g/mol. The van der Waals surface area contributed by atoms with Crippen molar-refractivity contribution in [2.75, 3.05) is 6.61 Å². The van der Waals surface area contributed by atoms with Crippen molar-refractivity contribution in [2.45, 2.75) is 65.7 Å². The van der Waals surface area contributed by atoms with Gasteiger partial charge in [0.05, 0.1) is 0 Å². The van der Waals surface area contributed by atoms with Crippen LogP contribution in [-0.2, 0) is 0 Å². The van der Waals surface area contributed by atoms with Gasteiger partial charge < -0.3 is 5.11 Å². The number of aliphatic hydroxyl groups is 1. The zero-order valence-corrected chi connectivity index (χ0v) is 10.3. The van der Waals surface area contributed by atoms with Crippen LogP contribution in [0.15, 0.2) is 0 Å². The van der Waals surface area contributed by atoms with Gasteiger partial charge in [-0.15, -0.1) is 0 Å². The lowest BCUT2D eigenvalue weighted by Gasteiger charge is -2.18. The monoisotopic (exact) mass is 200 g/mol. The van der Waals surface area contributed by atoms with Crippen molar-refractivity contribution in [1.82, 2.24) is 0 Å². The first-order chi connectivity index (χ1) is 6.74. The summed E-state index contributed by atoms with van der Waals surface area (Å²) >= 11 is 0. The Balaban J connectivity index is 3.57. The Labute approximate surface area is 89.9 Å². The average Bonchev–Trinajstić information content (AvgIpc) is 2.21. The van der Waals surface area contributed by atoms with E-state index in [4.69, 9.17) is 0 Å². The van der Waals surface area contributed by atoms with Crippen molar-refractivity contribution in [2.24, 2.45) is 11.8 Å². The molecule has 0 aliphatic carbocycles. The van der Waals surface area contributed by atoms with Crippen LogP contribution < -0.4 is 0 Å². The van der Waals surface area contributed by atoms with E-state index in [2.05, 4.69) is 20.8 Å². The minimum Gasteiger partial charge on any atom is -0.396 e. The minimum atomic E-state index is 0.385. The van der Waals surface area contributed by atoms with Gasteiger partial charge in [0.1, 0.15) is 0 Å². The standard InChI is InChI=1S/C13H28O/c1-4-6-8-12(3)10-13(11-14)9-7-5-2/h12-14H,4-11H2,1-3H3. The zero-order chi connectivity index (χ0) is 10.8. The largest absolute Gasteiger partial charge is 0.396 e. The molecular formula is C13H28O. The first-order valence-electron chi connectivity index (χ1n) is 6.35. The molecule has 1 nitrogen and oxygen atoms in total. The molecule has 0 aliphatic heterocycles. The molecule has 14 heavy (non-hydrogen) atoms. The SMILES string of the molecule is CCCCC(C)CC(CO)CCCC. The first kappa shape index (κ1) is 14.0. The summed E-state index contributed by atoms with van der Waals surface area (Å²) in [4.78, 5) is 0. The smallest absolute Gasteiger partial charge is 0.0459 e. The predicted molar refractivity (Wildman–Crippen MR) is 63.4 cm³/mol. The van der Waals surface area contributed by atoms with E-state index in [1.54, 1.807) is 0 Å². The topological polar surface area (TPSA) is 20.2 Å². The van der Waals surface area contributed by atoms with Gasteiger partial charge in [-0.25, -0.2) is 0 Å². The van der Waals surface area contributed by atoms with Crippen LogP contribution in [0.3, 0.4) is 0 Å². The quantitative estimate of drug-likeness (QED) is 0.596. The molecule has 1 N–H and O–H groups in total. The van der Waals surface area contributed by atoms with Crippen LogP contribution >= 0.6 is 0 Å². The molecule has 0 saturated carbocycles. The molecule has 0 rings (SSSR count). The molecule has 2 atom stereocenters. The van der Waals surface area contributed by atoms with Gasteiger partial charge in [0.25, 0.3) is 0 Å². The minimum absolute atomic E-state index is 0.385. The molecule has 1 heteroatoms. The molecular weight excluding hydrogens is 172 g/mol. The fraction of sp³-hybridized carbons (Fsp3) is 1.00. The first-order valence-corrected chi connectivity index (χ1v) is 6.35. The third kappa shape index (κ3) is 7.37. The van der Waals surface area contributed by atoms with Gasteiger partial charge in [0.15, 0.2) is 0 Å². The fourth-order valence-corrected chi connectivity index (χ4v) is 2.02. The highest BCUT2D eigenvalue weighted by atomic mass is 16.3. The molecule has 0 bridgehead atoms. The predicted octanol–water partition coefficient (Wildman–Crippen LogP) is 4.00. The third-order valence-electron chi connectivity index (χ3n) is 3.01. The summed E-state index contributed by atoms with van der Waals surface area (Å²) in [5.41, 5.74) is 0. The van der Waals surface area contributed by atoms with Gasteiger partial charge in [-0.2, -0.15) is 0 Å². The lowest BCUT2D eigenvalue weighted by atomic mass is 9.89. The molecule has 86 valence electrons. The van der Waals surface area contributed by atoms with Crippen LogP contribution in [-0.4, -0.2) is 11.7 Å². The molecule has 0 fully saturated rings. The van der Waals surface area contributed by atoms with E-state index in [9.17, 15) is 5.11 Å². The Morgan fingerprint density at radius 3 is 2.07 bits per heavy atom. The van der Waals surface area contributed by atoms with Gasteiger partial charge in [-0.1, -0.05) is 52.9 Å². The van der Waals surface area contributed by atoms with Crippen LogP contribution in [0.25, 0.3) is 0 Å². The Morgan fingerprint density at radius 1 is 1.00 bits per heavy atom. The summed E-state index contributed by atoms with van der Waals surface area (Å²) in [6, 6.07) is 0. The Morgan fingerprint density at radius 2 is 1.57 bits per heavy atom. The van der Waals surface area contributed by atoms with Gasteiger partial charge in [0, 0.05) is 6.61 Å². The molecule has 0 aromatic heterocycles. The highest BCUT2D eigenvalue weighted by Crippen LogP contribution is 2.21. The summed E-state index contributed by atoms with van der Waals surface area (Å²) in [5.74, 6) is 1.35. The number of hydrogen-bond donors (Lipinski definition) is 1. The Bertz CT molecular complexity index is 112. The molecule has 2 unspecified atom stereocenters. The van der Waals surface area contributed by atoms with E-state index >= 15 is 0 Å². The number of unbranched alkanes of at least 4 members (excludes halogenated alkanes) is 2. The maximum Gasteiger partial charge on any atom is 0.0459 e. The van der Waals surface area contributed by atoms with Gasteiger partial charge in [-0.3, -0.25) is 0 Å². The van der Waals surface area contributed by atoms with Crippen LogP contribution in [0.5, 0.6) is 0 Å². The maximum absolute atomic E-state index is 9.23. The third-order valence-corrected chi connectivity index (χ3v) is 3.01. The van der Waals surface area contributed by atoms with Crippen molar-refractivity contribution < 1.29 is 5.11 Å². The molecule has 0 radical (unpaired) electrons. The molecule has 0 amide bonds. The normalized spacial score (nSPS) is 15.4. The van der Waals surface area contributed by atoms with E-state index in [1.165, 1.54) is 44.9 Å². The van der Waals surface area contributed by atoms with Crippen molar-refractivity contribution in [1.29, 1.82) is 0 Å². The molecule has 0 heterocycles. The summed E-state index contributed by atoms with van der Waals surface area (Å²) in [5, 5.41) is 9.23. The fourth-order valence-electron chi connectivity index (χ4n) is 2.02. The van der Waals surface area contributed by atoms with Crippen LogP contribution in [0.2, 0.25) is 0 Å². The summed E-state index contributed by atoms with van der Waals surface area (Å²) in [7, 11) is 0. The van der Waals surface area contributed by atoms with Crippen LogP contribution in [0, 0.1) is 11.8 Å². The van der Waals surface area contributed by atoms with Crippen LogP contribution in [0.4, 0.5) is 0 Å². The van der Waals surface area contributed by atoms with Gasteiger partial charge in [-0.05, 0) is 24.7 Å². The number of hydrogen-bond acceptors (Lipinski definition) is 1. The van der Waals surface area contributed by atoms with Crippen molar-refractivity contribution in [3.05, 3.63) is 0 Å². The number of rotatable bonds is 9. The lowest BCUT2D eigenvalue weighted by Crippen LogP contribution is -2.11. The summed E-state index contributed by atoms with van der Waals surface area (Å²) in [6.45, 7) is 7.17. The van der Waals surface area contributed by atoms with E-state index in [0.717, 1.165) is 5.92 Å². The molecule has 0 aliphatic rings.